The zero-order valence-corrected chi connectivity index (χ0v) is 12.4. The molecule has 0 saturated carbocycles. The van der Waals surface area contributed by atoms with Crippen LogP contribution >= 0.6 is 0 Å². The van der Waals surface area contributed by atoms with Crippen molar-refractivity contribution in [1.29, 1.82) is 0 Å². The molecule has 3 rings (SSSR count). The molecular weight excluding hydrogens is 294 g/mol. The van der Waals surface area contributed by atoms with Crippen LogP contribution in [0.4, 0.5) is 4.79 Å². The van der Waals surface area contributed by atoms with Gasteiger partial charge in [0.05, 0.1) is 24.2 Å². The number of benzene rings is 2. The third-order valence-corrected chi connectivity index (χ3v) is 3.35. The molecule has 1 heterocycles. The predicted molar refractivity (Wildman–Crippen MR) is 85.6 cm³/mol. The number of nitrogens with two attached hydrogens (primary N) is 1. The number of rotatable bonds is 6. The molecule has 0 saturated heterocycles. The second-order valence-electron chi connectivity index (χ2n) is 5.07. The number of para-hydroxylation sites is 2. The van der Waals surface area contributed by atoms with Crippen LogP contribution in [0.3, 0.4) is 0 Å². The Labute approximate surface area is 133 Å². The SMILES string of the molecule is NC(=O)O[C@@H](COCc1ccccc1)c1nc2ccccc2[nH]1. The van der Waals surface area contributed by atoms with Crippen molar-refractivity contribution in [3.05, 3.63) is 66.0 Å². The maximum absolute atomic E-state index is 11.1. The summed E-state index contributed by atoms with van der Waals surface area (Å²) in [6.45, 7) is 0.581. The van der Waals surface area contributed by atoms with E-state index in [1.54, 1.807) is 0 Å². The zero-order chi connectivity index (χ0) is 16.1. The van der Waals surface area contributed by atoms with Gasteiger partial charge in [-0.3, -0.25) is 0 Å². The van der Waals surface area contributed by atoms with Gasteiger partial charge in [-0.1, -0.05) is 42.5 Å². The zero-order valence-electron chi connectivity index (χ0n) is 12.4. The van der Waals surface area contributed by atoms with E-state index in [-0.39, 0.29) is 6.61 Å². The second-order valence-corrected chi connectivity index (χ2v) is 5.07. The van der Waals surface area contributed by atoms with E-state index < -0.39 is 12.2 Å². The van der Waals surface area contributed by atoms with E-state index in [0.717, 1.165) is 16.6 Å². The highest BCUT2D eigenvalue weighted by Crippen LogP contribution is 2.19. The summed E-state index contributed by atoms with van der Waals surface area (Å²) in [5, 5.41) is 0. The van der Waals surface area contributed by atoms with Gasteiger partial charge in [0.1, 0.15) is 0 Å². The summed E-state index contributed by atoms with van der Waals surface area (Å²) >= 11 is 0. The number of nitrogens with zero attached hydrogens (tertiary/aromatic N) is 1. The molecule has 1 amide bonds. The minimum atomic E-state index is -0.862. The first-order valence-electron chi connectivity index (χ1n) is 7.25. The summed E-state index contributed by atoms with van der Waals surface area (Å²) in [4.78, 5) is 18.7. The molecule has 1 aromatic heterocycles. The first-order valence-corrected chi connectivity index (χ1v) is 7.25. The topological polar surface area (TPSA) is 90.2 Å². The van der Waals surface area contributed by atoms with Crippen molar-refractivity contribution in [2.75, 3.05) is 6.61 Å². The molecular formula is C17H17N3O3. The lowest BCUT2D eigenvalue weighted by Crippen LogP contribution is -2.21. The molecule has 0 unspecified atom stereocenters. The highest BCUT2D eigenvalue weighted by atomic mass is 16.6. The summed E-state index contributed by atoms with van der Waals surface area (Å²) in [7, 11) is 0. The highest BCUT2D eigenvalue weighted by molar-refractivity contribution is 5.75. The summed E-state index contributed by atoms with van der Waals surface area (Å²) in [6.07, 6.45) is -1.54. The molecule has 118 valence electrons. The molecule has 1 atom stereocenters. The fourth-order valence-electron chi connectivity index (χ4n) is 2.29. The van der Waals surface area contributed by atoms with Crippen LogP contribution in [0, 0.1) is 0 Å². The van der Waals surface area contributed by atoms with E-state index in [0.29, 0.717) is 12.4 Å². The number of hydrogen-bond donors (Lipinski definition) is 2. The van der Waals surface area contributed by atoms with E-state index in [4.69, 9.17) is 15.2 Å². The number of primary amides is 1. The molecule has 0 aliphatic heterocycles. The lowest BCUT2D eigenvalue weighted by Gasteiger charge is -2.14. The van der Waals surface area contributed by atoms with Crippen molar-refractivity contribution in [2.45, 2.75) is 12.7 Å². The first kappa shape index (κ1) is 15.1. The number of carbonyl (C=O) groups excluding carboxylic acids is 1. The predicted octanol–water partition coefficient (Wildman–Crippen LogP) is 2.92. The number of fused-ring (bicyclic) bond motifs is 1. The van der Waals surface area contributed by atoms with Crippen LogP contribution in [-0.2, 0) is 16.1 Å². The van der Waals surface area contributed by atoms with Crippen molar-refractivity contribution in [3.8, 4) is 0 Å². The average Bonchev–Trinajstić information content (AvgIpc) is 2.98. The summed E-state index contributed by atoms with van der Waals surface area (Å²) < 4.78 is 10.8. The maximum atomic E-state index is 11.1. The number of aromatic amines is 1. The molecule has 3 aromatic rings. The minimum Gasteiger partial charge on any atom is -0.436 e. The number of aromatic nitrogens is 2. The summed E-state index contributed by atoms with van der Waals surface area (Å²) in [5.74, 6) is 0.512. The van der Waals surface area contributed by atoms with Gasteiger partial charge in [0.2, 0.25) is 0 Å². The summed E-state index contributed by atoms with van der Waals surface area (Å²) in [6, 6.07) is 17.3. The summed E-state index contributed by atoms with van der Waals surface area (Å²) in [5.41, 5.74) is 7.85. The fourth-order valence-corrected chi connectivity index (χ4v) is 2.29. The van der Waals surface area contributed by atoms with Crippen molar-refractivity contribution in [3.63, 3.8) is 0 Å². The first-order chi connectivity index (χ1) is 11.2. The molecule has 0 spiro atoms. The molecule has 0 bridgehead atoms. The standard InChI is InChI=1S/C17H17N3O3/c18-17(21)23-15(11-22-10-12-6-2-1-3-7-12)16-19-13-8-4-5-9-14(13)20-16/h1-9,15H,10-11H2,(H2,18,21)(H,19,20)/t15-/m0/s1. The molecule has 6 nitrogen and oxygen atoms in total. The highest BCUT2D eigenvalue weighted by Gasteiger charge is 2.19. The lowest BCUT2D eigenvalue weighted by molar-refractivity contribution is 0.0122. The van der Waals surface area contributed by atoms with Gasteiger partial charge in [-0.05, 0) is 17.7 Å². The number of imidazole rings is 1. The van der Waals surface area contributed by atoms with Crippen molar-refractivity contribution in [1.82, 2.24) is 9.97 Å². The van der Waals surface area contributed by atoms with Gasteiger partial charge >= 0.3 is 6.09 Å². The average molecular weight is 311 g/mol. The van der Waals surface area contributed by atoms with Gasteiger partial charge in [-0.25, -0.2) is 9.78 Å². The van der Waals surface area contributed by atoms with Crippen molar-refractivity contribution < 1.29 is 14.3 Å². The number of amides is 1. The van der Waals surface area contributed by atoms with Crippen LogP contribution in [0.2, 0.25) is 0 Å². The van der Waals surface area contributed by atoms with Gasteiger partial charge in [0, 0.05) is 0 Å². The number of carbonyl (C=O) groups is 1. The lowest BCUT2D eigenvalue weighted by atomic mass is 10.2. The monoisotopic (exact) mass is 311 g/mol. The number of nitrogens with one attached hydrogen (secondary N) is 1. The van der Waals surface area contributed by atoms with E-state index in [1.807, 2.05) is 54.6 Å². The van der Waals surface area contributed by atoms with E-state index in [9.17, 15) is 4.79 Å². The molecule has 23 heavy (non-hydrogen) atoms. The van der Waals surface area contributed by atoms with Crippen molar-refractivity contribution >= 4 is 17.1 Å². The largest absolute Gasteiger partial charge is 0.436 e. The number of ether oxygens (including phenoxy) is 2. The maximum Gasteiger partial charge on any atom is 0.405 e. The van der Waals surface area contributed by atoms with Gasteiger partial charge in [0.25, 0.3) is 0 Å². The molecule has 0 aliphatic carbocycles. The smallest absolute Gasteiger partial charge is 0.405 e. The van der Waals surface area contributed by atoms with Gasteiger partial charge in [-0.2, -0.15) is 0 Å². The van der Waals surface area contributed by atoms with E-state index >= 15 is 0 Å². The third kappa shape index (κ3) is 3.87. The Hall–Kier alpha value is -2.86. The Morgan fingerprint density at radius 3 is 2.61 bits per heavy atom. The number of hydrogen-bond acceptors (Lipinski definition) is 4. The Bertz CT molecular complexity index is 753. The molecule has 0 aliphatic rings. The quantitative estimate of drug-likeness (QED) is 0.732. The van der Waals surface area contributed by atoms with Crippen LogP contribution in [0.1, 0.15) is 17.5 Å². The van der Waals surface area contributed by atoms with E-state index in [1.165, 1.54) is 0 Å². The molecule has 2 aromatic carbocycles. The molecule has 6 heteroatoms. The minimum absolute atomic E-state index is 0.164. The Kier molecular flexibility index (Phi) is 4.54. The van der Waals surface area contributed by atoms with Crippen LogP contribution in [0.25, 0.3) is 11.0 Å². The third-order valence-electron chi connectivity index (χ3n) is 3.35. The van der Waals surface area contributed by atoms with Gasteiger partial charge in [0.15, 0.2) is 11.9 Å². The Balaban J connectivity index is 1.71. The fraction of sp³-hybridized carbons (Fsp3) is 0.176. The van der Waals surface area contributed by atoms with Crippen LogP contribution in [0.15, 0.2) is 54.6 Å². The van der Waals surface area contributed by atoms with Crippen LogP contribution in [0.5, 0.6) is 0 Å². The van der Waals surface area contributed by atoms with Gasteiger partial charge in [-0.15, -0.1) is 0 Å². The Morgan fingerprint density at radius 1 is 1.13 bits per heavy atom. The van der Waals surface area contributed by atoms with Crippen LogP contribution in [-0.4, -0.2) is 22.7 Å². The van der Waals surface area contributed by atoms with Crippen LogP contribution < -0.4 is 5.73 Å². The molecule has 0 radical (unpaired) electrons. The molecule has 3 N–H and O–H groups in total. The van der Waals surface area contributed by atoms with Gasteiger partial charge < -0.3 is 20.2 Å². The normalized spacial score (nSPS) is 12.2. The molecule has 0 fully saturated rings. The van der Waals surface area contributed by atoms with E-state index in [2.05, 4.69) is 9.97 Å². The Morgan fingerprint density at radius 2 is 1.87 bits per heavy atom. The van der Waals surface area contributed by atoms with Crippen molar-refractivity contribution in [2.24, 2.45) is 5.73 Å². The second kappa shape index (κ2) is 6.93. The number of H-pyrrole nitrogens is 1.